The van der Waals surface area contributed by atoms with Gasteiger partial charge >= 0.3 is 0 Å². The maximum atomic E-state index is 12.8. The number of hydrogen-bond donors (Lipinski definition) is 0. The summed E-state index contributed by atoms with van der Waals surface area (Å²) >= 11 is 0. The Bertz CT molecular complexity index is 387. The van der Waals surface area contributed by atoms with E-state index in [2.05, 4.69) is 12.2 Å². The number of amides is 2. The first-order valence-electron chi connectivity index (χ1n) is 8.34. The average molecular weight is 292 g/mol. The summed E-state index contributed by atoms with van der Waals surface area (Å²) in [5.41, 5.74) is 0. The molecule has 0 aromatic rings. The van der Waals surface area contributed by atoms with Crippen molar-refractivity contribution in [2.75, 3.05) is 26.2 Å². The lowest BCUT2D eigenvalue weighted by atomic mass is 9.81. The number of carbonyl (C=O) groups is 2. The average Bonchev–Trinajstić information content (AvgIpc) is 3.10. The number of fused-ring (bicyclic) bond motifs is 2. The second kappa shape index (κ2) is 6.63. The molecule has 0 aliphatic heterocycles. The Balaban J connectivity index is 2.24. The Morgan fingerprint density at radius 3 is 1.43 bits per heavy atom. The molecule has 0 heterocycles. The summed E-state index contributed by atoms with van der Waals surface area (Å²) in [5, 5.41) is 0. The van der Waals surface area contributed by atoms with E-state index in [9.17, 15) is 9.59 Å². The van der Waals surface area contributed by atoms with E-state index in [4.69, 9.17) is 0 Å². The summed E-state index contributed by atoms with van der Waals surface area (Å²) in [6.07, 6.45) is 5.28. The number of rotatable bonds is 6. The molecular formula is C17H28N2O2. The summed E-state index contributed by atoms with van der Waals surface area (Å²) in [6, 6.07) is 0. The van der Waals surface area contributed by atoms with Gasteiger partial charge < -0.3 is 9.80 Å². The molecule has 0 aromatic carbocycles. The van der Waals surface area contributed by atoms with Gasteiger partial charge in [0.05, 0.1) is 11.8 Å². The molecule has 2 aliphatic carbocycles. The number of allylic oxidation sites excluding steroid dienone is 2. The molecule has 2 aliphatic rings. The second-order valence-electron chi connectivity index (χ2n) is 6.02. The highest BCUT2D eigenvalue weighted by molar-refractivity contribution is 5.89. The van der Waals surface area contributed by atoms with Crippen molar-refractivity contribution in [1.82, 2.24) is 9.80 Å². The van der Waals surface area contributed by atoms with E-state index in [1.54, 1.807) is 0 Å². The first kappa shape index (κ1) is 16.1. The van der Waals surface area contributed by atoms with E-state index in [-0.39, 0.29) is 35.5 Å². The molecule has 0 unspecified atom stereocenters. The highest BCUT2D eigenvalue weighted by atomic mass is 16.2. The van der Waals surface area contributed by atoms with Gasteiger partial charge in [-0.25, -0.2) is 0 Å². The summed E-state index contributed by atoms with van der Waals surface area (Å²) in [4.78, 5) is 29.4. The third-order valence-corrected chi connectivity index (χ3v) is 5.18. The van der Waals surface area contributed by atoms with E-state index < -0.39 is 0 Å². The first-order chi connectivity index (χ1) is 10.1. The molecule has 0 radical (unpaired) electrons. The minimum absolute atomic E-state index is 0.145. The molecule has 1 fully saturated rings. The van der Waals surface area contributed by atoms with Crippen LogP contribution >= 0.6 is 0 Å². The summed E-state index contributed by atoms with van der Waals surface area (Å²) in [7, 11) is 0. The standard InChI is InChI=1S/C17H28N2O2/c1-5-18(6-2)16(20)14-12-9-10-13(11-12)15(14)17(21)19(7-3)8-4/h9-10,12-15H,5-8,11H2,1-4H3/t12-,13-,14-,15+/m0/s1. The molecule has 2 rings (SSSR count). The minimum Gasteiger partial charge on any atom is -0.343 e. The maximum absolute atomic E-state index is 12.8. The van der Waals surface area contributed by atoms with E-state index in [0.29, 0.717) is 0 Å². The van der Waals surface area contributed by atoms with E-state index in [1.807, 2.05) is 37.5 Å². The smallest absolute Gasteiger partial charge is 0.227 e. The third kappa shape index (κ3) is 2.72. The van der Waals surface area contributed by atoms with Crippen LogP contribution in [0.1, 0.15) is 34.1 Å². The lowest BCUT2D eigenvalue weighted by molar-refractivity contribution is -0.146. The van der Waals surface area contributed by atoms with Crippen molar-refractivity contribution < 1.29 is 9.59 Å². The predicted octanol–water partition coefficient (Wildman–Crippen LogP) is 2.16. The van der Waals surface area contributed by atoms with Crippen LogP contribution < -0.4 is 0 Å². The van der Waals surface area contributed by atoms with Crippen LogP contribution in [0, 0.1) is 23.7 Å². The molecule has 0 spiro atoms. The lowest BCUT2D eigenvalue weighted by Crippen LogP contribution is -2.47. The predicted molar refractivity (Wildman–Crippen MR) is 83.6 cm³/mol. The van der Waals surface area contributed by atoms with Crippen molar-refractivity contribution in [3.8, 4) is 0 Å². The van der Waals surface area contributed by atoms with Crippen LogP contribution in [0.5, 0.6) is 0 Å². The normalized spacial score (nSPS) is 29.7. The monoisotopic (exact) mass is 292 g/mol. The molecule has 4 heteroatoms. The van der Waals surface area contributed by atoms with E-state index in [1.165, 1.54) is 0 Å². The van der Waals surface area contributed by atoms with Gasteiger partial charge in [0.2, 0.25) is 11.8 Å². The molecule has 0 saturated heterocycles. The van der Waals surface area contributed by atoms with Crippen molar-refractivity contribution in [1.29, 1.82) is 0 Å². The fourth-order valence-electron chi connectivity index (χ4n) is 3.99. The topological polar surface area (TPSA) is 40.6 Å². The van der Waals surface area contributed by atoms with Gasteiger partial charge in [-0.05, 0) is 46.0 Å². The molecule has 4 atom stereocenters. The maximum Gasteiger partial charge on any atom is 0.227 e. The van der Waals surface area contributed by atoms with Crippen LogP contribution in [0.25, 0.3) is 0 Å². The molecule has 21 heavy (non-hydrogen) atoms. The molecule has 118 valence electrons. The van der Waals surface area contributed by atoms with Gasteiger partial charge in [-0.3, -0.25) is 9.59 Å². The van der Waals surface area contributed by atoms with Gasteiger partial charge in [0.1, 0.15) is 0 Å². The SMILES string of the molecule is CCN(CC)C(=O)[C@@H]1[C@H](C(=O)N(CC)CC)[C@H]2C=C[C@H]1C2. The van der Waals surface area contributed by atoms with Gasteiger partial charge in [0, 0.05) is 26.2 Å². The van der Waals surface area contributed by atoms with E-state index in [0.717, 1.165) is 32.6 Å². The Hall–Kier alpha value is -1.32. The minimum atomic E-state index is -0.145. The summed E-state index contributed by atoms with van der Waals surface area (Å²) in [6.45, 7) is 10.9. The van der Waals surface area contributed by atoms with Gasteiger partial charge in [-0.1, -0.05) is 12.2 Å². The fraction of sp³-hybridized carbons (Fsp3) is 0.765. The van der Waals surface area contributed by atoms with Crippen LogP contribution in [0.3, 0.4) is 0 Å². The zero-order chi connectivity index (χ0) is 15.6. The van der Waals surface area contributed by atoms with Crippen LogP contribution in [-0.4, -0.2) is 47.8 Å². The summed E-state index contributed by atoms with van der Waals surface area (Å²) < 4.78 is 0. The number of nitrogens with zero attached hydrogens (tertiary/aromatic N) is 2. The Morgan fingerprint density at radius 2 is 1.14 bits per heavy atom. The highest BCUT2D eigenvalue weighted by Crippen LogP contribution is 2.49. The van der Waals surface area contributed by atoms with Gasteiger partial charge in [-0.15, -0.1) is 0 Å². The van der Waals surface area contributed by atoms with Crippen molar-refractivity contribution >= 4 is 11.8 Å². The number of carbonyl (C=O) groups excluding carboxylic acids is 2. The van der Waals surface area contributed by atoms with Crippen LogP contribution in [-0.2, 0) is 9.59 Å². The van der Waals surface area contributed by atoms with Crippen LogP contribution in [0.4, 0.5) is 0 Å². The van der Waals surface area contributed by atoms with Gasteiger partial charge in [0.15, 0.2) is 0 Å². The number of hydrogen-bond acceptors (Lipinski definition) is 2. The highest BCUT2D eigenvalue weighted by Gasteiger charge is 2.52. The van der Waals surface area contributed by atoms with Crippen molar-refractivity contribution in [3.63, 3.8) is 0 Å². The lowest BCUT2D eigenvalue weighted by Gasteiger charge is -2.33. The molecule has 1 saturated carbocycles. The largest absolute Gasteiger partial charge is 0.343 e. The van der Waals surface area contributed by atoms with Crippen molar-refractivity contribution in [3.05, 3.63) is 12.2 Å². The van der Waals surface area contributed by atoms with Crippen molar-refractivity contribution in [2.24, 2.45) is 23.7 Å². The molecule has 0 N–H and O–H groups in total. The zero-order valence-electron chi connectivity index (χ0n) is 13.7. The molecule has 2 amide bonds. The molecule has 0 aromatic heterocycles. The Morgan fingerprint density at radius 1 is 0.810 bits per heavy atom. The second-order valence-corrected chi connectivity index (χ2v) is 6.02. The first-order valence-corrected chi connectivity index (χ1v) is 8.34. The van der Waals surface area contributed by atoms with Crippen LogP contribution in [0.15, 0.2) is 12.2 Å². The quantitative estimate of drug-likeness (QED) is 0.704. The van der Waals surface area contributed by atoms with Crippen LogP contribution in [0.2, 0.25) is 0 Å². The third-order valence-electron chi connectivity index (χ3n) is 5.18. The van der Waals surface area contributed by atoms with Gasteiger partial charge in [0.25, 0.3) is 0 Å². The molecule has 2 bridgehead atoms. The van der Waals surface area contributed by atoms with E-state index >= 15 is 0 Å². The molecular weight excluding hydrogens is 264 g/mol. The van der Waals surface area contributed by atoms with Gasteiger partial charge in [-0.2, -0.15) is 0 Å². The van der Waals surface area contributed by atoms with Crippen molar-refractivity contribution in [2.45, 2.75) is 34.1 Å². The Kier molecular flexibility index (Phi) is 5.07. The summed E-state index contributed by atoms with van der Waals surface area (Å²) in [5.74, 6) is 0.561. The fourth-order valence-corrected chi connectivity index (χ4v) is 3.99. The zero-order valence-corrected chi connectivity index (χ0v) is 13.7. The molecule has 4 nitrogen and oxygen atoms in total. The Labute approximate surface area is 128 Å².